The second-order valence-corrected chi connectivity index (χ2v) is 6.29. The Morgan fingerprint density at radius 1 is 1.41 bits per heavy atom. The van der Waals surface area contributed by atoms with Crippen LogP contribution in [0.15, 0.2) is 41.9 Å². The number of carbonyl (C=O) groups is 1. The van der Waals surface area contributed by atoms with Crippen LogP contribution in [-0.4, -0.2) is 35.0 Å². The van der Waals surface area contributed by atoms with Gasteiger partial charge in [-0.3, -0.25) is 4.79 Å². The normalized spacial score (nSPS) is 18.0. The molecule has 22 heavy (non-hydrogen) atoms. The lowest BCUT2D eigenvalue weighted by Crippen LogP contribution is -2.29. The number of carbonyl (C=O) groups excluding carboxylic acids is 1. The van der Waals surface area contributed by atoms with Gasteiger partial charge in [0.1, 0.15) is 6.10 Å². The maximum Gasteiger partial charge on any atom is 0.273 e. The Hall–Kier alpha value is -1.85. The molecule has 0 saturated carbocycles. The van der Waals surface area contributed by atoms with Crippen molar-refractivity contribution >= 4 is 34.9 Å². The molecule has 2 heterocycles. The molecule has 1 fully saturated rings. The van der Waals surface area contributed by atoms with Gasteiger partial charge in [-0.05, 0) is 23.8 Å². The van der Waals surface area contributed by atoms with E-state index in [1.807, 2.05) is 17.5 Å². The van der Waals surface area contributed by atoms with Crippen molar-refractivity contribution < 1.29 is 9.53 Å². The number of thiazole rings is 1. The third-order valence-electron chi connectivity index (χ3n) is 3.42. The first-order valence-corrected chi connectivity index (χ1v) is 8.25. The fourth-order valence-corrected chi connectivity index (χ4v) is 2.96. The molecule has 1 aliphatic heterocycles. The van der Waals surface area contributed by atoms with Crippen LogP contribution in [0.25, 0.3) is 6.08 Å². The molecule has 0 spiro atoms. The van der Waals surface area contributed by atoms with E-state index < -0.39 is 0 Å². The van der Waals surface area contributed by atoms with Gasteiger partial charge in [0.05, 0.1) is 6.54 Å². The predicted molar refractivity (Wildman–Crippen MR) is 88.2 cm³/mol. The van der Waals surface area contributed by atoms with E-state index in [-0.39, 0.29) is 12.0 Å². The highest BCUT2D eigenvalue weighted by Crippen LogP contribution is 2.20. The van der Waals surface area contributed by atoms with E-state index in [1.54, 1.807) is 35.4 Å². The van der Waals surface area contributed by atoms with Gasteiger partial charge in [-0.15, -0.1) is 0 Å². The fourth-order valence-electron chi connectivity index (χ4n) is 2.28. The van der Waals surface area contributed by atoms with Crippen LogP contribution < -0.4 is 4.74 Å². The summed E-state index contributed by atoms with van der Waals surface area (Å²) in [6, 6.07) is 7.37. The van der Waals surface area contributed by atoms with Crippen LogP contribution in [0.3, 0.4) is 0 Å². The number of nitrogens with zero attached hydrogens (tertiary/aromatic N) is 2. The lowest BCUT2D eigenvalue weighted by Gasteiger charge is -2.14. The summed E-state index contributed by atoms with van der Waals surface area (Å²) >= 11 is 7.30. The Morgan fingerprint density at radius 2 is 2.23 bits per heavy atom. The van der Waals surface area contributed by atoms with Gasteiger partial charge in [0.2, 0.25) is 5.91 Å². The largest absolute Gasteiger partial charge is 0.465 e. The lowest BCUT2D eigenvalue weighted by atomic mass is 10.2. The third-order valence-corrected chi connectivity index (χ3v) is 4.34. The maximum absolute atomic E-state index is 12.2. The lowest BCUT2D eigenvalue weighted by molar-refractivity contribution is -0.125. The highest BCUT2D eigenvalue weighted by atomic mass is 35.5. The van der Waals surface area contributed by atoms with E-state index >= 15 is 0 Å². The fraction of sp³-hybridized carbons (Fsp3) is 0.250. The molecule has 4 nitrogen and oxygen atoms in total. The number of halogens is 1. The smallest absolute Gasteiger partial charge is 0.273 e. The van der Waals surface area contributed by atoms with Gasteiger partial charge in [0, 0.05) is 35.6 Å². The molecule has 0 bridgehead atoms. The first kappa shape index (κ1) is 15.1. The summed E-state index contributed by atoms with van der Waals surface area (Å²) in [5.74, 6) is 0.000175. The molecule has 1 amide bonds. The van der Waals surface area contributed by atoms with Crippen molar-refractivity contribution in [1.29, 1.82) is 0 Å². The van der Waals surface area contributed by atoms with Crippen LogP contribution in [0.5, 0.6) is 5.19 Å². The van der Waals surface area contributed by atoms with E-state index in [0.29, 0.717) is 23.3 Å². The second-order valence-electron chi connectivity index (χ2n) is 5.00. The topological polar surface area (TPSA) is 42.4 Å². The summed E-state index contributed by atoms with van der Waals surface area (Å²) in [7, 11) is 0. The van der Waals surface area contributed by atoms with Crippen LogP contribution in [0.1, 0.15) is 12.0 Å². The number of aromatic nitrogens is 1. The van der Waals surface area contributed by atoms with Crippen LogP contribution in [0.2, 0.25) is 5.02 Å². The van der Waals surface area contributed by atoms with Crippen molar-refractivity contribution in [2.45, 2.75) is 12.5 Å². The first-order valence-electron chi connectivity index (χ1n) is 6.99. The van der Waals surface area contributed by atoms with Crippen molar-refractivity contribution in [3.63, 3.8) is 0 Å². The van der Waals surface area contributed by atoms with Crippen molar-refractivity contribution in [2.75, 3.05) is 13.1 Å². The van der Waals surface area contributed by atoms with Crippen LogP contribution >= 0.6 is 22.9 Å². The Balaban J connectivity index is 1.53. The van der Waals surface area contributed by atoms with E-state index in [9.17, 15) is 4.79 Å². The van der Waals surface area contributed by atoms with E-state index in [2.05, 4.69) is 4.98 Å². The van der Waals surface area contributed by atoms with Crippen LogP contribution in [-0.2, 0) is 4.79 Å². The molecule has 6 heteroatoms. The molecule has 114 valence electrons. The Kier molecular flexibility index (Phi) is 4.75. The van der Waals surface area contributed by atoms with Gasteiger partial charge in [-0.25, -0.2) is 4.98 Å². The number of rotatable bonds is 4. The summed E-state index contributed by atoms with van der Waals surface area (Å²) in [5.41, 5.74) is 0.951. The van der Waals surface area contributed by atoms with Crippen molar-refractivity contribution in [3.8, 4) is 5.19 Å². The van der Waals surface area contributed by atoms with Crippen molar-refractivity contribution in [3.05, 3.63) is 52.5 Å². The van der Waals surface area contributed by atoms with Gasteiger partial charge < -0.3 is 9.64 Å². The molecule has 0 aliphatic carbocycles. The molecular weight excluding hydrogens is 320 g/mol. The monoisotopic (exact) mass is 334 g/mol. The number of hydrogen-bond acceptors (Lipinski definition) is 4. The zero-order valence-electron chi connectivity index (χ0n) is 11.8. The van der Waals surface area contributed by atoms with Crippen molar-refractivity contribution in [1.82, 2.24) is 9.88 Å². The van der Waals surface area contributed by atoms with E-state index in [0.717, 1.165) is 12.0 Å². The highest BCUT2D eigenvalue weighted by Gasteiger charge is 2.26. The van der Waals surface area contributed by atoms with Gasteiger partial charge >= 0.3 is 0 Å². The number of benzene rings is 1. The molecular formula is C16H15ClN2O2S. The molecule has 1 aromatic carbocycles. The third kappa shape index (κ3) is 3.87. The number of ether oxygens (including phenoxy) is 1. The molecule has 3 rings (SSSR count). The standard InChI is InChI=1S/C16H15ClN2O2S/c17-13-4-1-12(2-5-13)3-6-15(20)19-9-7-14(11-19)21-16-18-8-10-22-16/h1-6,8,10,14H,7,9,11H2/b6-3+. The summed E-state index contributed by atoms with van der Waals surface area (Å²) < 4.78 is 5.75. The molecule has 1 unspecified atom stereocenters. The predicted octanol–water partition coefficient (Wildman–Crippen LogP) is 3.49. The SMILES string of the molecule is O=C(/C=C/c1ccc(Cl)cc1)N1CCC(Oc2nccs2)C1. The minimum Gasteiger partial charge on any atom is -0.465 e. The van der Waals surface area contributed by atoms with Gasteiger partial charge in [0.15, 0.2) is 0 Å². The Bertz CT molecular complexity index is 655. The minimum atomic E-state index is 0.000175. The summed E-state index contributed by atoms with van der Waals surface area (Å²) in [6.07, 6.45) is 5.97. The minimum absolute atomic E-state index is 0.000175. The van der Waals surface area contributed by atoms with Crippen LogP contribution in [0.4, 0.5) is 0 Å². The number of likely N-dealkylation sites (tertiary alicyclic amines) is 1. The van der Waals surface area contributed by atoms with Crippen LogP contribution in [0, 0.1) is 0 Å². The molecule has 1 aliphatic rings. The molecule has 0 radical (unpaired) electrons. The van der Waals surface area contributed by atoms with E-state index in [4.69, 9.17) is 16.3 Å². The molecule has 0 N–H and O–H groups in total. The average Bonchev–Trinajstić information content (AvgIpc) is 3.19. The summed E-state index contributed by atoms with van der Waals surface area (Å²) in [4.78, 5) is 18.1. The van der Waals surface area contributed by atoms with Gasteiger partial charge in [-0.2, -0.15) is 0 Å². The van der Waals surface area contributed by atoms with Gasteiger partial charge in [-0.1, -0.05) is 35.1 Å². The molecule has 2 aromatic rings. The summed E-state index contributed by atoms with van der Waals surface area (Å²) in [6.45, 7) is 1.31. The maximum atomic E-state index is 12.2. The summed E-state index contributed by atoms with van der Waals surface area (Å²) in [5, 5.41) is 3.23. The van der Waals surface area contributed by atoms with E-state index in [1.165, 1.54) is 11.3 Å². The molecule has 1 atom stereocenters. The van der Waals surface area contributed by atoms with Gasteiger partial charge in [0.25, 0.3) is 5.19 Å². The quantitative estimate of drug-likeness (QED) is 0.804. The average molecular weight is 335 g/mol. The number of amides is 1. The molecule has 1 saturated heterocycles. The first-order chi connectivity index (χ1) is 10.7. The Morgan fingerprint density at radius 3 is 2.95 bits per heavy atom. The zero-order valence-corrected chi connectivity index (χ0v) is 13.4. The molecule has 1 aromatic heterocycles. The Labute approximate surface area is 138 Å². The second kappa shape index (κ2) is 6.94. The number of hydrogen-bond donors (Lipinski definition) is 0. The van der Waals surface area contributed by atoms with Crippen molar-refractivity contribution in [2.24, 2.45) is 0 Å². The zero-order chi connectivity index (χ0) is 15.4. The highest BCUT2D eigenvalue weighted by molar-refractivity contribution is 7.11.